The molecule has 3 aromatic rings. The van der Waals surface area contributed by atoms with Crippen LogP contribution in [0.5, 0.6) is 11.5 Å². The molecule has 3 unspecified atom stereocenters. The van der Waals surface area contributed by atoms with E-state index in [1.807, 2.05) is 57.5 Å². The zero-order chi connectivity index (χ0) is 38.3. The molecule has 292 valence electrons. The second-order valence-corrected chi connectivity index (χ2v) is 16.2. The predicted molar refractivity (Wildman–Crippen MR) is 204 cm³/mol. The van der Waals surface area contributed by atoms with Crippen molar-refractivity contribution in [2.24, 2.45) is 5.92 Å². The molecule has 4 aliphatic rings. The highest BCUT2D eigenvalue weighted by Gasteiger charge is 2.48. The maximum Gasteiger partial charge on any atom is 0.261 e. The van der Waals surface area contributed by atoms with Crippen LogP contribution in [-0.2, 0) is 16.0 Å². The van der Waals surface area contributed by atoms with Crippen molar-refractivity contribution in [2.75, 3.05) is 43.9 Å². The Kier molecular flexibility index (Phi) is 11.3. The molecule has 2 N–H and O–H groups in total. The molecule has 1 aromatic carbocycles. The number of anilines is 1. The van der Waals surface area contributed by atoms with E-state index in [1.54, 1.807) is 0 Å². The van der Waals surface area contributed by atoms with Gasteiger partial charge in [0.25, 0.3) is 23.7 Å². The van der Waals surface area contributed by atoms with Crippen LogP contribution in [0.2, 0.25) is 0 Å². The third-order valence-electron chi connectivity index (χ3n) is 11.3. The van der Waals surface area contributed by atoms with Crippen LogP contribution in [0.3, 0.4) is 0 Å². The largest absolute Gasteiger partial charge is 0.448 e. The number of H-pyrrole nitrogens is 1. The van der Waals surface area contributed by atoms with Crippen LogP contribution in [0.4, 0.5) is 14.6 Å². The number of thioether (sulfide) groups is 1. The summed E-state index contributed by atoms with van der Waals surface area (Å²) in [7, 11) is 0. The number of morpholine rings is 1. The summed E-state index contributed by atoms with van der Waals surface area (Å²) in [4.78, 5) is 39.9. The third-order valence-corrected chi connectivity index (χ3v) is 12.1. The fourth-order valence-corrected chi connectivity index (χ4v) is 9.15. The summed E-state index contributed by atoms with van der Waals surface area (Å²) in [6.07, 6.45) is 4.93. The summed E-state index contributed by atoms with van der Waals surface area (Å²) < 4.78 is 50.1. The predicted octanol–water partition coefficient (Wildman–Crippen LogP) is 6.33. The number of amides is 1. The van der Waals surface area contributed by atoms with Gasteiger partial charge in [0.15, 0.2) is 11.5 Å². The zero-order valence-corrected chi connectivity index (χ0v) is 32.7. The number of carbonyl (C=O) groups excluding carboxylic acids is 1. The molecule has 1 saturated carbocycles. The number of nitrogens with one attached hydrogen (secondary N) is 2. The molecule has 3 atom stereocenters. The fraction of sp³-hybridized carbons (Fsp3) is 0.575. The van der Waals surface area contributed by atoms with Gasteiger partial charge < -0.3 is 34.1 Å². The van der Waals surface area contributed by atoms with Crippen LogP contribution in [0, 0.1) is 19.8 Å². The molecular formula is C40H51F2N5O6S. The van der Waals surface area contributed by atoms with Crippen molar-refractivity contribution >= 4 is 23.5 Å². The van der Waals surface area contributed by atoms with E-state index in [0.29, 0.717) is 52.9 Å². The minimum absolute atomic E-state index is 0.0670. The number of carbonyl (C=O) groups is 1. The SMILES string of the molecule is CSc1cc(C)[nH]c(=O)c1CNC(=O)c1cc(-c2ccc(N3CC(C)OC(C)C3)nc2)c2c(c1C)OC(C)(C1CCC(N3CC(OCC(F)F)C3)CC1)O2. The molecule has 0 radical (unpaired) electrons. The van der Waals surface area contributed by atoms with Gasteiger partial charge in [-0.25, -0.2) is 13.8 Å². The van der Waals surface area contributed by atoms with Crippen molar-refractivity contribution in [3.05, 3.63) is 63.2 Å². The van der Waals surface area contributed by atoms with Crippen molar-refractivity contribution in [1.82, 2.24) is 20.2 Å². The Morgan fingerprint density at radius 2 is 1.78 bits per heavy atom. The van der Waals surface area contributed by atoms with Gasteiger partial charge in [-0.2, -0.15) is 0 Å². The Morgan fingerprint density at radius 1 is 1.07 bits per heavy atom. The molecule has 3 aliphatic heterocycles. The number of aromatic amines is 1. The molecule has 11 nitrogen and oxygen atoms in total. The maximum atomic E-state index is 14.0. The first kappa shape index (κ1) is 38.6. The highest BCUT2D eigenvalue weighted by atomic mass is 32.2. The zero-order valence-electron chi connectivity index (χ0n) is 31.9. The number of likely N-dealkylation sites (tertiary alicyclic amines) is 1. The van der Waals surface area contributed by atoms with Crippen LogP contribution in [0.15, 0.2) is 40.2 Å². The molecule has 54 heavy (non-hydrogen) atoms. The summed E-state index contributed by atoms with van der Waals surface area (Å²) in [6, 6.07) is 8.12. The average Bonchev–Trinajstić information content (AvgIpc) is 3.49. The first-order valence-electron chi connectivity index (χ1n) is 18.9. The summed E-state index contributed by atoms with van der Waals surface area (Å²) in [5.41, 5.74) is 3.61. The number of hydrogen-bond donors (Lipinski definition) is 2. The van der Waals surface area contributed by atoms with E-state index < -0.39 is 18.8 Å². The monoisotopic (exact) mass is 767 g/mol. The molecule has 0 spiro atoms. The minimum atomic E-state index is -2.45. The fourth-order valence-electron chi connectivity index (χ4n) is 8.44. The maximum absolute atomic E-state index is 14.0. The van der Waals surface area contributed by atoms with Crippen LogP contribution < -0.4 is 25.2 Å². The van der Waals surface area contributed by atoms with E-state index in [4.69, 9.17) is 23.9 Å². The number of hydrogen-bond acceptors (Lipinski definition) is 10. The standard InChI is InChI=1S/C40H51F2N5O6S/c1-22-13-33(54-6)32(39(49)45-22)16-44-38(48)30-14-31(26-7-12-35(43-15-26)47-17-23(2)51-24(3)18-47)37-36(25(30)4)52-40(5,53-37)27-8-10-28(11-9-27)46-19-29(20-46)50-21-34(41)42/h7,12-15,23-24,27-29,34H,8-11,16-21H2,1-6H3,(H,44,48)(H,45,49). The molecule has 3 fully saturated rings. The van der Waals surface area contributed by atoms with Gasteiger partial charge >= 0.3 is 0 Å². The molecule has 2 aromatic heterocycles. The Bertz CT molecular complexity index is 1890. The number of rotatable bonds is 11. The number of halogens is 2. The van der Waals surface area contributed by atoms with Gasteiger partial charge in [-0.05, 0) is 83.9 Å². The van der Waals surface area contributed by atoms with Crippen LogP contribution in [0.25, 0.3) is 11.1 Å². The Balaban J connectivity index is 1.13. The van der Waals surface area contributed by atoms with Gasteiger partial charge in [-0.3, -0.25) is 14.5 Å². The summed E-state index contributed by atoms with van der Waals surface area (Å²) in [6.45, 7) is 12.2. The molecular weight excluding hydrogens is 717 g/mol. The average molecular weight is 768 g/mol. The van der Waals surface area contributed by atoms with Crippen LogP contribution in [-0.4, -0.2) is 96.4 Å². The second-order valence-electron chi connectivity index (χ2n) is 15.4. The molecule has 14 heteroatoms. The van der Waals surface area contributed by atoms with E-state index in [0.717, 1.165) is 60.7 Å². The van der Waals surface area contributed by atoms with Gasteiger partial charge in [-0.1, -0.05) is 0 Å². The van der Waals surface area contributed by atoms with Crippen molar-refractivity contribution in [3.8, 4) is 22.6 Å². The van der Waals surface area contributed by atoms with Crippen LogP contribution >= 0.6 is 11.8 Å². The van der Waals surface area contributed by atoms with E-state index in [2.05, 4.69) is 33.9 Å². The van der Waals surface area contributed by atoms with Crippen molar-refractivity contribution < 1.29 is 32.5 Å². The number of ether oxygens (including phenoxy) is 4. The number of nitrogens with zero attached hydrogens (tertiary/aromatic N) is 3. The summed E-state index contributed by atoms with van der Waals surface area (Å²) >= 11 is 1.47. The topological polar surface area (TPSA) is 118 Å². The lowest BCUT2D eigenvalue weighted by atomic mass is 9.80. The van der Waals surface area contributed by atoms with Gasteiger partial charge in [0.2, 0.25) is 0 Å². The number of aryl methyl sites for hydroxylation is 1. The first-order valence-corrected chi connectivity index (χ1v) is 20.2. The molecule has 2 saturated heterocycles. The van der Waals surface area contributed by atoms with E-state index >= 15 is 0 Å². The highest BCUT2D eigenvalue weighted by molar-refractivity contribution is 7.98. The Morgan fingerprint density at radius 3 is 2.43 bits per heavy atom. The number of pyridine rings is 2. The minimum Gasteiger partial charge on any atom is -0.448 e. The quantitative estimate of drug-likeness (QED) is 0.215. The highest BCUT2D eigenvalue weighted by Crippen LogP contribution is 2.53. The molecule has 5 heterocycles. The number of aromatic nitrogens is 2. The van der Waals surface area contributed by atoms with Gasteiger partial charge in [-0.15, -0.1) is 11.8 Å². The lowest BCUT2D eigenvalue weighted by Gasteiger charge is -2.47. The van der Waals surface area contributed by atoms with Crippen molar-refractivity contribution in [1.29, 1.82) is 0 Å². The number of fused-ring (bicyclic) bond motifs is 1. The number of benzene rings is 1. The molecule has 1 aliphatic carbocycles. The Hall–Kier alpha value is -3.72. The smallest absolute Gasteiger partial charge is 0.261 e. The Labute approximate surface area is 319 Å². The van der Waals surface area contributed by atoms with Gasteiger partial charge in [0, 0.05) is 96.2 Å². The molecule has 0 bridgehead atoms. The van der Waals surface area contributed by atoms with Gasteiger partial charge in [0.1, 0.15) is 12.4 Å². The lowest BCUT2D eigenvalue weighted by molar-refractivity contribution is -0.135. The molecule has 7 rings (SSSR count). The summed E-state index contributed by atoms with van der Waals surface area (Å²) in [5.74, 6) is 0.758. The van der Waals surface area contributed by atoms with Crippen molar-refractivity contribution in [2.45, 2.75) is 108 Å². The van der Waals surface area contributed by atoms with Gasteiger partial charge in [0.05, 0.1) is 18.3 Å². The van der Waals surface area contributed by atoms with E-state index in [-0.39, 0.29) is 42.2 Å². The second kappa shape index (κ2) is 15.8. The first-order chi connectivity index (χ1) is 25.8. The van der Waals surface area contributed by atoms with E-state index in [1.165, 1.54) is 11.8 Å². The summed E-state index contributed by atoms with van der Waals surface area (Å²) in [5, 5.41) is 2.99. The van der Waals surface area contributed by atoms with Crippen LogP contribution in [0.1, 0.15) is 73.6 Å². The molecule has 1 amide bonds. The lowest BCUT2D eigenvalue weighted by Crippen LogP contribution is -2.58. The van der Waals surface area contributed by atoms with Crippen molar-refractivity contribution in [3.63, 3.8) is 0 Å². The normalized spacial score (nSPS) is 25.9. The third kappa shape index (κ3) is 7.98. The van der Waals surface area contributed by atoms with E-state index in [9.17, 15) is 18.4 Å². The number of alkyl halides is 2.